The number of hydrogen-bond donors (Lipinski definition) is 1. The summed E-state index contributed by atoms with van der Waals surface area (Å²) < 4.78 is 0. The van der Waals surface area contributed by atoms with Crippen LogP contribution in [0.1, 0.15) is 11.1 Å². The fourth-order valence-corrected chi connectivity index (χ4v) is 2.54. The average Bonchev–Trinajstić information content (AvgIpc) is 2.67. The van der Waals surface area contributed by atoms with Crippen LogP contribution in [-0.2, 0) is 0 Å². The van der Waals surface area contributed by atoms with Gasteiger partial charge in [0.1, 0.15) is 17.5 Å². The molecule has 0 bridgehead atoms. The summed E-state index contributed by atoms with van der Waals surface area (Å²) in [4.78, 5) is 14.6. The van der Waals surface area contributed by atoms with Gasteiger partial charge in [0, 0.05) is 23.3 Å². The number of nitrogens with zero attached hydrogens (tertiary/aromatic N) is 4. The molecule has 0 saturated carbocycles. The van der Waals surface area contributed by atoms with E-state index < -0.39 is 4.92 Å². The first-order chi connectivity index (χ1) is 12.5. The van der Waals surface area contributed by atoms with E-state index >= 15 is 0 Å². The van der Waals surface area contributed by atoms with Gasteiger partial charge in [-0.05, 0) is 35.9 Å². The molecule has 1 heterocycles. The number of pyridine rings is 1. The molecular formula is C19H11N5O2. The van der Waals surface area contributed by atoms with Crippen LogP contribution in [0.2, 0.25) is 0 Å². The summed E-state index contributed by atoms with van der Waals surface area (Å²) in [5, 5.41) is 29.1. The zero-order valence-corrected chi connectivity index (χ0v) is 13.4. The lowest BCUT2D eigenvalue weighted by molar-refractivity contribution is -0.384. The van der Waals surface area contributed by atoms with E-state index in [2.05, 4.69) is 4.98 Å². The van der Waals surface area contributed by atoms with E-state index in [1.807, 2.05) is 12.1 Å². The van der Waals surface area contributed by atoms with Gasteiger partial charge in [-0.2, -0.15) is 10.5 Å². The Hall–Kier alpha value is -4.23. The molecule has 3 aromatic rings. The number of nitro groups is 1. The summed E-state index contributed by atoms with van der Waals surface area (Å²) in [7, 11) is 0. The van der Waals surface area contributed by atoms with Gasteiger partial charge in [-0.3, -0.25) is 10.1 Å². The summed E-state index contributed by atoms with van der Waals surface area (Å²) in [5.74, 6) is 0.0720. The van der Waals surface area contributed by atoms with E-state index in [9.17, 15) is 15.4 Å². The van der Waals surface area contributed by atoms with Crippen LogP contribution >= 0.6 is 0 Å². The van der Waals surface area contributed by atoms with Crippen LogP contribution in [-0.4, -0.2) is 9.91 Å². The summed E-state index contributed by atoms with van der Waals surface area (Å²) >= 11 is 0. The number of aromatic nitrogens is 1. The van der Waals surface area contributed by atoms with Gasteiger partial charge < -0.3 is 5.73 Å². The molecule has 0 aliphatic rings. The lowest BCUT2D eigenvalue weighted by Gasteiger charge is -2.10. The second-order valence-corrected chi connectivity index (χ2v) is 5.42. The smallest absolute Gasteiger partial charge is 0.269 e. The van der Waals surface area contributed by atoms with Gasteiger partial charge >= 0.3 is 0 Å². The maximum atomic E-state index is 10.8. The number of hydrogen-bond acceptors (Lipinski definition) is 6. The lowest BCUT2D eigenvalue weighted by atomic mass is 9.98. The Balaban J connectivity index is 2.14. The number of non-ortho nitro benzene ring substituents is 1. The molecule has 2 N–H and O–H groups in total. The first kappa shape index (κ1) is 16.6. The predicted octanol–water partition coefficient (Wildman–Crippen LogP) is 3.65. The minimum atomic E-state index is -0.488. The van der Waals surface area contributed by atoms with Crippen molar-refractivity contribution in [1.82, 2.24) is 4.98 Å². The number of nitrogen functional groups attached to an aromatic ring is 1. The maximum absolute atomic E-state index is 10.8. The van der Waals surface area contributed by atoms with Crippen molar-refractivity contribution in [3.63, 3.8) is 0 Å². The van der Waals surface area contributed by atoms with Crippen molar-refractivity contribution >= 4 is 11.5 Å². The van der Waals surface area contributed by atoms with E-state index in [1.54, 1.807) is 42.5 Å². The quantitative estimate of drug-likeness (QED) is 0.571. The summed E-state index contributed by atoms with van der Waals surface area (Å²) in [6.45, 7) is 0. The molecule has 2 aromatic carbocycles. The Labute approximate surface area is 148 Å². The molecule has 0 amide bonds. The first-order valence-electron chi connectivity index (χ1n) is 7.49. The molecule has 124 valence electrons. The van der Waals surface area contributed by atoms with Crippen LogP contribution in [0.4, 0.5) is 11.5 Å². The molecule has 0 aliphatic carbocycles. The molecule has 7 heteroatoms. The fraction of sp³-hybridized carbons (Fsp3) is 0. The average molecular weight is 341 g/mol. The van der Waals surface area contributed by atoms with E-state index in [1.165, 1.54) is 12.1 Å². The van der Waals surface area contributed by atoms with Crippen molar-refractivity contribution < 1.29 is 4.92 Å². The Morgan fingerprint density at radius 2 is 1.58 bits per heavy atom. The Kier molecular flexibility index (Phi) is 4.29. The van der Waals surface area contributed by atoms with Crippen LogP contribution in [0.5, 0.6) is 0 Å². The molecule has 3 rings (SSSR count). The van der Waals surface area contributed by atoms with Crippen molar-refractivity contribution in [2.45, 2.75) is 0 Å². The van der Waals surface area contributed by atoms with Crippen LogP contribution in [0.3, 0.4) is 0 Å². The van der Waals surface area contributed by atoms with E-state index in [-0.39, 0.29) is 17.1 Å². The van der Waals surface area contributed by atoms with E-state index in [0.717, 1.165) is 5.56 Å². The summed E-state index contributed by atoms with van der Waals surface area (Å²) in [6, 6.07) is 18.5. The van der Waals surface area contributed by atoms with Gasteiger partial charge in [0.2, 0.25) is 0 Å². The number of rotatable bonds is 3. The SMILES string of the molecule is N#Cc1ccc(-c2cc(-c3ccc([N+](=O)[O-])cc3)c(C#N)c(N)n2)cc1. The van der Waals surface area contributed by atoms with Crippen molar-refractivity contribution in [2.75, 3.05) is 5.73 Å². The van der Waals surface area contributed by atoms with Crippen molar-refractivity contribution in [1.29, 1.82) is 10.5 Å². The molecule has 7 nitrogen and oxygen atoms in total. The molecule has 0 saturated heterocycles. The van der Waals surface area contributed by atoms with Crippen LogP contribution in [0.25, 0.3) is 22.4 Å². The normalized spacial score (nSPS) is 9.92. The zero-order chi connectivity index (χ0) is 18.7. The number of anilines is 1. The van der Waals surface area contributed by atoms with Gasteiger partial charge in [0.05, 0.1) is 22.2 Å². The van der Waals surface area contributed by atoms with Crippen LogP contribution in [0.15, 0.2) is 54.6 Å². The minimum Gasteiger partial charge on any atom is -0.383 e. The molecule has 0 fully saturated rings. The highest BCUT2D eigenvalue weighted by molar-refractivity contribution is 5.80. The zero-order valence-electron chi connectivity index (χ0n) is 13.4. The van der Waals surface area contributed by atoms with E-state index in [0.29, 0.717) is 22.4 Å². The summed E-state index contributed by atoms with van der Waals surface area (Å²) in [5.41, 5.74) is 9.07. The Morgan fingerprint density at radius 3 is 2.12 bits per heavy atom. The molecule has 0 aliphatic heterocycles. The Bertz CT molecular complexity index is 1080. The highest BCUT2D eigenvalue weighted by atomic mass is 16.6. The topological polar surface area (TPSA) is 130 Å². The third kappa shape index (κ3) is 3.05. The molecule has 26 heavy (non-hydrogen) atoms. The number of benzene rings is 2. The van der Waals surface area contributed by atoms with Crippen molar-refractivity contribution in [3.8, 4) is 34.5 Å². The van der Waals surface area contributed by atoms with E-state index in [4.69, 9.17) is 11.0 Å². The lowest BCUT2D eigenvalue weighted by Crippen LogP contribution is -2.00. The second kappa shape index (κ2) is 6.71. The molecule has 0 unspecified atom stereocenters. The fourth-order valence-electron chi connectivity index (χ4n) is 2.54. The minimum absolute atomic E-state index is 0.0402. The standard InChI is InChI=1S/C19H11N5O2/c20-10-12-1-3-14(4-2-12)18-9-16(17(11-21)19(22)23-18)13-5-7-15(8-6-13)24(25)26/h1-9H,(H2,22,23). The van der Waals surface area contributed by atoms with Gasteiger partial charge in [-0.15, -0.1) is 0 Å². The second-order valence-electron chi connectivity index (χ2n) is 5.42. The van der Waals surface area contributed by atoms with Crippen molar-refractivity contribution in [3.05, 3.63) is 75.8 Å². The predicted molar refractivity (Wildman–Crippen MR) is 95.6 cm³/mol. The molecule has 0 atom stereocenters. The number of nitrogens with two attached hydrogens (primary N) is 1. The number of nitriles is 2. The Morgan fingerprint density at radius 1 is 0.962 bits per heavy atom. The molecule has 0 spiro atoms. The number of nitro benzene ring substituents is 1. The van der Waals surface area contributed by atoms with Crippen LogP contribution in [0, 0.1) is 32.8 Å². The molecule has 1 aromatic heterocycles. The monoisotopic (exact) mass is 341 g/mol. The molecular weight excluding hydrogens is 330 g/mol. The highest BCUT2D eigenvalue weighted by Crippen LogP contribution is 2.32. The van der Waals surface area contributed by atoms with Gasteiger partial charge in [0.25, 0.3) is 5.69 Å². The van der Waals surface area contributed by atoms with Gasteiger partial charge in [-0.1, -0.05) is 12.1 Å². The largest absolute Gasteiger partial charge is 0.383 e. The third-order valence-corrected chi connectivity index (χ3v) is 3.86. The summed E-state index contributed by atoms with van der Waals surface area (Å²) in [6.07, 6.45) is 0. The van der Waals surface area contributed by atoms with Gasteiger partial charge in [-0.25, -0.2) is 4.98 Å². The first-order valence-corrected chi connectivity index (χ1v) is 7.49. The highest BCUT2D eigenvalue weighted by Gasteiger charge is 2.14. The molecule has 0 radical (unpaired) electrons. The van der Waals surface area contributed by atoms with Crippen molar-refractivity contribution in [2.24, 2.45) is 0 Å². The van der Waals surface area contributed by atoms with Gasteiger partial charge in [0.15, 0.2) is 0 Å². The maximum Gasteiger partial charge on any atom is 0.269 e. The van der Waals surface area contributed by atoms with Crippen LogP contribution < -0.4 is 5.73 Å². The third-order valence-electron chi connectivity index (χ3n) is 3.86.